The lowest BCUT2D eigenvalue weighted by Gasteiger charge is -2.50. The molecule has 2 N–H and O–H groups in total. The smallest absolute Gasteiger partial charge is 0.503 e. The van der Waals surface area contributed by atoms with Crippen LogP contribution in [0.1, 0.15) is 40.9 Å². The number of nitrogens with zero attached hydrogens (tertiary/aromatic N) is 3. The molecule has 1 unspecified atom stereocenters. The molecule has 1 aromatic heterocycles. The Balaban J connectivity index is 1.68. The lowest BCUT2D eigenvalue weighted by Crippen LogP contribution is -2.61. The number of aromatic nitrogens is 1. The highest BCUT2D eigenvalue weighted by Gasteiger charge is 2.45. The van der Waals surface area contributed by atoms with Crippen molar-refractivity contribution in [3.8, 4) is 5.75 Å². The van der Waals surface area contributed by atoms with E-state index in [2.05, 4.69) is 4.74 Å². The summed E-state index contributed by atoms with van der Waals surface area (Å²) in [7, 11) is 0. The molecule has 0 amide bonds. The summed E-state index contributed by atoms with van der Waals surface area (Å²) in [5.41, 5.74) is 1.48. The number of ether oxygens (including phenoxy) is 1. The van der Waals surface area contributed by atoms with Crippen LogP contribution in [-0.4, -0.2) is 46.0 Å². The van der Waals surface area contributed by atoms with Gasteiger partial charge < -0.3 is 10.2 Å². The second-order valence-electron chi connectivity index (χ2n) is 9.18. The first-order valence-corrected chi connectivity index (χ1v) is 11.6. The number of rotatable bonds is 4. The molecule has 36 heavy (non-hydrogen) atoms. The van der Waals surface area contributed by atoms with E-state index >= 15 is 0 Å². The van der Waals surface area contributed by atoms with Gasteiger partial charge in [-0.2, -0.15) is 0 Å². The van der Waals surface area contributed by atoms with Crippen LogP contribution in [0.25, 0.3) is 0 Å². The highest BCUT2D eigenvalue weighted by molar-refractivity contribution is 5.48. The van der Waals surface area contributed by atoms with E-state index in [-0.39, 0.29) is 18.9 Å². The van der Waals surface area contributed by atoms with Crippen molar-refractivity contribution in [1.82, 2.24) is 9.58 Å². The normalized spacial score (nSPS) is 20.4. The molecule has 10 heteroatoms. The summed E-state index contributed by atoms with van der Waals surface area (Å²) in [5.74, 6) is -0.663. The van der Waals surface area contributed by atoms with Crippen molar-refractivity contribution in [2.75, 3.05) is 24.8 Å². The Kier molecular flexibility index (Phi) is 6.06. The van der Waals surface area contributed by atoms with E-state index < -0.39 is 35.9 Å². The fourth-order valence-corrected chi connectivity index (χ4v) is 5.28. The standard InChI is InChI=1S/C26H26F3N3O4/c1-25(35)24-23(34)21(33)12-13-31(24)32(16-30(25)14-15-36-26(27,28)29)22-19-8-4-2-6-17(19)10-11-18-7-3-5-9-20(18)22/h2-9,12-13,22,34-35H,10-11,14-16H2,1H3. The van der Waals surface area contributed by atoms with E-state index in [0.29, 0.717) is 0 Å². The second kappa shape index (κ2) is 8.95. The van der Waals surface area contributed by atoms with Gasteiger partial charge in [-0.05, 0) is 42.0 Å². The Bertz CT molecular complexity index is 1290. The Morgan fingerprint density at radius 3 is 2.19 bits per heavy atom. The average molecular weight is 502 g/mol. The van der Waals surface area contributed by atoms with Gasteiger partial charge in [-0.15, -0.1) is 13.2 Å². The molecule has 2 aliphatic rings. The number of aliphatic hydroxyl groups is 1. The Morgan fingerprint density at radius 1 is 1.03 bits per heavy atom. The fourth-order valence-electron chi connectivity index (χ4n) is 5.28. The van der Waals surface area contributed by atoms with Crippen LogP contribution in [0.2, 0.25) is 0 Å². The van der Waals surface area contributed by atoms with Crippen LogP contribution in [0.15, 0.2) is 65.6 Å². The summed E-state index contributed by atoms with van der Waals surface area (Å²) in [6.45, 7) is 0.305. The van der Waals surface area contributed by atoms with Crippen LogP contribution in [0.4, 0.5) is 13.2 Å². The molecule has 1 aliphatic carbocycles. The Labute approximate surface area is 205 Å². The van der Waals surface area contributed by atoms with E-state index in [9.17, 15) is 28.2 Å². The minimum absolute atomic E-state index is 0.00311. The lowest BCUT2D eigenvalue weighted by molar-refractivity contribution is -0.327. The summed E-state index contributed by atoms with van der Waals surface area (Å²) < 4.78 is 43.6. The van der Waals surface area contributed by atoms with Crippen molar-refractivity contribution >= 4 is 0 Å². The molecule has 0 radical (unpaired) electrons. The molecule has 3 aromatic rings. The number of alkyl halides is 3. The molecule has 0 spiro atoms. The van der Waals surface area contributed by atoms with Crippen LogP contribution in [0.3, 0.4) is 0 Å². The second-order valence-corrected chi connectivity index (χ2v) is 9.18. The van der Waals surface area contributed by atoms with Crippen molar-refractivity contribution in [3.05, 3.63) is 99.0 Å². The van der Waals surface area contributed by atoms with Gasteiger partial charge in [0.25, 0.3) is 0 Å². The van der Waals surface area contributed by atoms with Gasteiger partial charge in [-0.25, -0.2) is 4.90 Å². The highest BCUT2D eigenvalue weighted by atomic mass is 19.4. The number of hydrogen-bond acceptors (Lipinski definition) is 6. The molecule has 0 saturated heterocycles. The number of hydrogen-bond donors (Lipinski definition) is 2. The van der Waals surface area contributed by atoms with Crippen LogP contribution >= 0.6 is 0 Å². The van der Waals surface area contributed by atoms with Gasteiger partial charge in [-0.3, -0.25) is 19.2 Å². The summed E-state index contributed by atoms with van der Waals surface area (Å²) in [5, 5.41) is 24.0. The molecule has 0 bridgehead atoms. The molecule has 0 fully saturated rings. The minimum atomic E-state index is -4.82. The zero-order chi connectivity index (χ0) is 25.7. The number of benzene rings is 2. The molecular formula is C26H26F3N3O4. The first-order chi connectivity index (χ1) is 17.1. The van der Waals surface area contributed by atoms with E-state index in [0.717, 1.165) is 35.1 Å². The molecule has 190 valence electrons. The maximum atomic E-state index is 12.7. The molecule has 0 saturated carbocycles. The summed E-state index contributed by atoms with van der Waals surface area (Å²) in [6.07, 6.45) is -1.73. The first kappa shape index (κ1) is 24.4. The predicted molar refractivity (Wildman–Crippen MR) is 126 cm³/mol. The van der Waals surface area contributed by atoms with Gasteiger partial charge in [0.2, 0.25) is 5.43 Å². The number of halogens is 3. The van der Waals surface area contributed by atoms with Gasteiger partial charge in [0.15, 0.2) is 11.5 Å². The average Bonchev–Trinajstić information content (AvgIpc) is 2.99. The van der Waals surface area contributed by atoms with Crippen LogP contribution < -0.4 is 10.4 Å². The van der Waals surface area contributed by atoms with Gasteiger partial charge in [0, 0.05) is 18.8 Å². The van der Waals surface area contributed by atoms with Crippen LogP contribution in [0.5, 0.6) is 5.75 Å². The molecule has 5 rings (SSSR count). The van der Waals surface area contributed by atoms with E-state index in [1.807, 2.05) is 53.5 Å². The van der Waals surface area contributed by atoms with Crippen molar-refractivity contribution in [2.24, 2.45) is 0 Å². The zero-order valence-electron chi connectivity index (χ0n) is 19.6. The zero-order valence-corrected chi connectivity index (χ0v) is 19.6. The third-order valence-electron chi connectivity index (χ3n) is 7.00. The van der Waals surface area contributed by atoms with Gasteiger partial charge >= 0.3 is 6.36 Å². The van der Waals surface area contributed by atoms with Crippen molar-refractivity contribution in [2.45, 2.75) is 37.9 Å². The number of aryl methyl sites for hydroxylation is 2. The highest BCUT2D eigenvalue weighted by Crippen LogP contribution is 2.41. The maximum absolute atomic E-state index is 12.7. The summed E-state index contributed by atoms with van der Waals surface area (Å²) in [4.78, 5) is 13.7. The predicted octanol–water partition coefficient (Wildman–Crippen LogP) is 3.35. The third kappa shape index (κ3) is 4.25. The maximum Gasteiger partial charge on any atom is 0.522 e. The van der Waals surface area contributed by atoms with Crippen molar-refractivity contribution in [1.29, 1.82) is 0 Å². The monoisotopic (exact) mass is 501 g/mol. The van der Waals surface area contributed by atoms with Crippen molar-refractivity contribution in [3.63, 3.8) is 0 Å². The van der Waals surface area contributed by atoms with Crippen LogP contribution in [0, 0.1) is 0 Å². The fraction of sp³-hybridized carbons (Fsp3) is 0.346. The molecule has 2 heterocycles. The number of aromatic hydroxyl groups is 1. The molecule has 7 nitrogen and oxygen atoms in total. The molecule has 2 aromatic carbocycles. The third-order valence-corrected chi connectivity index (χ3v) is 7.00. The first-order valence-electron chi connectivity index (χ1n) is 11.6. The Morgan fingerprint density at radius 2 is 1.61 bits per heavy atom. The van der Waals surface area contributed by atoms with Crippen molar-refractivity contribution < 1.29 is 28.1 Å². The van der Waals surface area contributed by atoms with Gasteiger partial charge in [0.05, 0.1) is 19.3 Å². The summed E-state index contributed by atoms with van der Waals surface area (Å²) in [6, 6.07) is 16.7. The molecule has 1 aliphatic heterocycles. The molecule has 1 atom stereocenters. The quantitative estimate of drug-likeness (QED) is 0.571. The van der Waals surface area contributed by atoms with E-state index in [4.69, 9.17) is 0 Å². The topological polar surface area (TPSA) is 78.2 Å². The van der Waals surface area contributed by atoms with Gasteiger partial charge in [-0.1, -0.05) is 48.5 Å². The van der Waals surface area contributed by atoms with E-state index in [1.54, 1.807) is 4.68 Å². The number of pyridine rings is 1. The van der Waals surface area contributed by atoms with Gasteiger partial charge in [0.1, 0.15) is 5.69 Å². The number of fused-ring (bicyclic) bond motifs is 3. The SMILES string of the molecule is CC1(O)c2c(O)c(=O)ccn2N(C2c3ccccc3CCc3ccccc32)CN1CCOC(F)(F)F. The minimum Gasteiger partial charge on any atom is -0.503 e. The Hall–Kier alpha value is -3.34. The lowest BCUT2D eigenvalue weighted by atomic mass is 9.93. The largest absolute Gasteiger partial charge is 0.522 e. The van der Waals surface area contributed by atoms with Crippen LogP contribution in [-0.2, 0) is 23.3 Å². The summed E-state index contributed by atoms with van der Waals surface area (Å²) >= 11 is 0. The van der Waals surface area contributed by atoms with E-state index in [1.165, 1.54) is 24.1 Å². The molecular weight excluding hydrogens is 475 g/mol.